The summed E-state index contributed by atoms with van der Waals surface area (Å²) >= 11 is 0. The van der Waals surface area contributed by atoms with Crippen LogP contribution in [0.4, 0.5) is 5.69 Å². The van der Waals surface area contributed by atoms with Crippen molar-refractivity contribution in [1.82, 2.24) is 5.32 Å². The molecule has 0 atom stereocenters. The second-order valence-electron chi connectivity index (χ2n) is 6.02. The first-order valence-corrected chi connectivity index (χ1v) is 8.48. The van der Waals surface area contributed by atoms with E-state index in [1.54, 1.807) is 24.3 Å². The molecule has 1 aliphatic heterocycles. The normalized spacial score (nSPS) is 12.8. The maximum atomic E-state index is 12.7. The van der Waals surface area contributed by atoms with Gasteiger partial charge in [0.15, 0.2) is 0 Å². The summed E-state index contributed by atoms with van der Waals surface area (Å²) in [5.41, 5.74) is 3.39. The third-order valence-electron chi connectivity index (χ3n) is 4.34. The van der Waals surface area contributed by atoms with Crippen molar-refractivity contribution in [2.75, 3.05) is 18.0 Å². The van der Waals surface area contributed by atoms with E-state index in [2.05, 4.69) is 18.3 Å². The number of hydrogen-bond donors (Lipinski definition) is 1. The summed E-state index contributed by atoms with van der Waals surface area (Å²) < 4.78 is 0. The van der Waals surface area contributed by atoms with Gasteiger partial charge in [0, 0.05) is 29.9 Å². The van der Waals surface area contributed by atoms with E-state index < -0.39 is 0 Å². The number of nitrogens with zero attached hydrogens (tertiary/aromatic N) is 1. The van der Waals surface area contributed by atoms with Gasteiger partial charge in [-0.1, -0.05) is 31.5 Å². The molecule has 2 aromatic carbocycles. The van der Waals surface area contributed by atoms with E-state index in [9.17, 15) is 9.59 Å². The Morgan fingerprint density at radius 1 is 1.04 bits per heavy atom. The molecule has 0 unspecified atom stereocenters. The Labute approximate surface area is 142 Å². The average molecular weight is 322 g/mol. The SMILES string of the molecule is CCCCNC(=O)c1ccc(C(=O)N2CCc3ccccc32)cc1. The van der Waals surface area contributed by atoms with Crippen molar-refractivity contribution in [2.24, 2.45) is 0 Å². The number of unbranched alkanes of at least 4 members (excludes halogenated alkanes) is 1. The molecule has 0 radical (unpaired) electrons. The molecule has 0 bridgehead atoms. The second kappa shape index (κ2) is 7.30. The highest BCUT2D eigenvalue weighted by Crippen LogP contribution is 2.28. The summed E-state index contributed by atoms with van der Waals surface area (Å²) in [5, 5.41) is 2.88. The number of carbonyl (C=O) groups is 2. The van der Waals surface area contributed by atoms with Gasteiger partial charge in [0.05, 0.1) is 0 Å². The minimum absolute atomic E-state index is 0.0158. The van der Waals surface area contributed by atoms with Crippen LogP contribution in [0.2, 0.25) is 0 Å². The van der Waals surface area contributed by atoms with Gasteiger partial charge in [-0.25, -0.2) is 0 Å². The molecular weight excluding hydrogens is 300 g/mol. The van der Waals surface area contributed by atoms with E-state index in [0.29, 0.717) is 24.2 Å². The van der Waals surface area contributed by atoms with Crippen LogP contribution in [0.15, 0.2) is 48.5 Å². The number of hydrogen-bond acceptors (Lipinski definition) is 2. The van der Waals surface area contributed by atoms with Gasteiger partial charge in [-0.15, -0.1) is 0 Å². The molecule has 1 aliphatic rings. The van der Waals surface area contributed by atoms with E-state index in [-0.39, 0.29) is 11.8 Å². The van der Waals surface area contributed by atoms with Gasteiger partial charge in [-0.05, 0) is 48.7 Å². The zero-order chi connectivity index (χ0) is 16.9. The molecule has 2 amide bonds. The van der Waals surface area contributed by atoms with Gasteiger partial charge in [0.25, 0.3) is 11.8 Å². The molecule has 4 heteroatoms. The van der Waals surface area contributed by atoms with Crippen LogP contribution in [0.5, 0.6) is 0 Å². The van der Waals surface area contributed by atoms with Crippen LogP contribution in [-0.2, 0) is 6.42 Å². The van der Waals surface area contributed by atoms with Crippen LogP contribution in [0.25, 0.3) is 0 Å². The number of anilines is 1. The summed E-state index contributed by atoms with van der Waals surface area (Å²) in [7, 11) is 0. The number of fused-ring (bicyclic) bond motifs is 1. The van der Waals surface area contributed by atoms with E-state index in [0.717, 1.165) is 24.9 Å². The predicted octanol–water partition coefficient (Wildman–Crippen LogP) is 3.42. The van der Waals surface area contributed by atoms with E-state index in [1.165, 1.54) is 5.56 Å². The maximum absolute atomic E-state index is 12.7. The summed E-state index contributed by atoms with van der Waals surface area (Å²) in [6, 6.07) is 14.9. The van der Waals surface area contributed by atoms with E-state index in [4.69, 9.17) is 0 Å². The molecule has 24 heavy (non-hydrogen) atoms. The minimum atomic E-state index is -0.0889. The van der Waals surface area contributed by atoms with Crippen molar-refractivity contribution >= 4 is 17.5 Å². The number of amides is 2. The number of rotatable bonds is 5. The lowest BCUT2D eigenvalue weighted by atomic mass is 10.1. The lowest BCUT2D eigenvalue weighted by Crippen LogP contribution is -2.29. The third kappa shape index (κ3) is 3.32. The predicted molar refractivity (Wildman–Crippen MR) is 95.5 cm³/mol. The lowest BCUT2D eigenvalue weighted by Gasteiger charge is -2.17. The van der Waals surface area contributed by atoms with Gasteiger partial charge in [0.1, 0.15) is 0 Å². The highest BCUT2D eigenvalue weighted by atomic mass is 16.2. The van der Waals surface area contributed by atoms with Crippen molar-refractivity contribution in [3.05, 3.63) is 65.2 Å². The lowest BCUT2D eigenvalue weighted by molar-refractivity contribution is 0.0949. The number of carbonyl (C=O) groups excluding carboxylic acids is 2. The summed E-state index contributed by atoms with van der Waals surface area (Å²) in [4.78, 5) is 26.6. The van der Waals surface area contributed by atoms with Crippen molar-refractivity contribution in [3.63, 3.8) is 0 Å². The third-order valence-corrected chi connectivity index (χ3v) is 4.34. The first-order valence-electron chi connectivity index (χ1n) is 8.48. The quantitative estimate of drug-likeness (QED) is 0.858. The number of para-hydroxylation sites is 1. The van der Waals surface area contributed by atoms with Gasteiger partial charge < -0.3 is 10.2 Å². The number of nitrogens with one attached hydrogen (secondary N) is 1. The molecule has 1 N–H and O–H groups in total. The maximum Gasteiger partial charge on any atom is 0.258 e. The first kappa shape index (κ1) is 16.2. The van der Waals surface area contributed by atoms with Crippen LogP contribution < -0.4 is 10.2 Å². The molecule has 2 aromatic rings. The van der Waals surface area contributed by atoms with Crippen LogP contribution >= 0.6 is 0 Å². The fourth-order valence-corrected chi connectivity index (χ4v) is 2.95. The topological polar surface area (TPSA) is 49.4 Å². The van der Waals surface area contributed by atoms with Crippen molar-refractivity contribution in [2.45, 2.75) is 26.2 Å². The molecular formula is C20H22N2O2. The molecule has 124 valence electrons. The van der Waals surface area contributed by atoms with Crippen LogP contribution in [0.3, 0.4) is 0 Å². The summed E-state index contributed by atoms with van der Waals surface area (Å²) in [5.74, 6) is -0.105. The van der Waals surface area contributed by atoms with Crippen molar-refractivity contribution < 1.29 is 9.59 Å². The molecule has 0 aromatic heterocycles. The standard InChI is InChI=1S/C20H22N2O2/c1-2-3-13-21-19(23)16-8-10-17(11-9-16)20(24)22-14-12-15-6-4-5-7-18(15)22/h4-11H,2-3,12-14H2,1H3,(H,21,23). The van der Waals surface area contributed by atoms with Crippen molar-refractivity contribution in [1.29, 1.82) is 0 Å². The highest BCUT2D eigenvalue weighted by molar-refractivity contribution is 6.07. The Balaban J connectivity index is 1.70. The molecule has 0 aliphatic carbocycles. The molecule has 4 nitrogen and oxygen atoms in total. The summed E-state index contributed by atoms with van der Waals surface area (Å²) in [6.45, 7) is 3.47. The smallest absolute Gasteiger partial charge is 0.258 e. The minimum Gasteiger partial charge on any atom is -0.352 e. The Hall–Kier alpha value is -2.62. The Morgan fingerprint density at radius 3 is 2.50 bits per heavy atom. The van der Waals surface area contributed by atoms with Crippen LogP contribution in [0.1, 0.15) is 46.0 Å². The first-order chi connectivity index (χ1) is 11.7. The van der Waals surface area contributed by atoms with Crippen LogP contribution in [0, 0.1) is 0 Å². The fourth-order valence-electron chi connectivity index (χ4n) is 2.95. The Morgan fingerprint density at radius 2 is 1.75 bits per heavy atom. The highest BCUT2D eigenvalue weighted by Gasteiger charge is 2.25. The Kier molecular flexibility index (Phi) is 4.94. The largest absolute Gasteiger partial charge is 0.352 e. The molecule has 0 saturated carbocycles. The van der Waals surface area contributed by atoms with Crippen molar-refractivity contribution in [3.8, 4) is 0 Å². The fraction of sp³-hybridized carbons (Fsp3) is 0.300. The van der Waals surface area contributed by atoms with E-state index in [1.807, 2.05) is 23.1 Å². The molecule has 0 spiro atoms. The zero-order valence-electron chi connectivity index (χ0n) is 13.9. The van der Waals surface area contributed by atoms with Gasteiger partial charge in [-0.3, -0.25) is 9.59 Å². The summed E-state index contributed by atoms with van der Waals surface area (Å²) in [6.07, 6.45) is 2.90. The molecule has 0 saturated heterocycles. The molecule has 1 heterocycles. The second-order valence-corrected chi connectivity index (χ2v) is 6.02. The average Bonchev–Trinajstić information content (AvgIpc) is 3.05. The molecule has 3 rings (SSSR count). The number of benzene rings is 2. The van der Waals surface area contributed by atoms with Gasteiger partial charge >= 0.3 is 0 Å². The van der Waals surface area contributed by atoms with E-state index >= 15 is 0 Å². The zero-order valence-corrected chi connectivity index (χ0v) is 13.9. The monoisotopic (exact) mass is 322 g/mol. The molecule has 0 fully saturated rings. The van der Waals surface area contributed by atoms with Crippen LogP contribution in [-0.4, -0.2) is 24.9 Å². The van der Waals surface area contributed by atoms with Gasteiger partial charge in [-0.2, -0.15) is 0 Å². The Bertz CT molecular complexity index is 738. The van der Waals surface area contributed by atoms with Gasteiger partial charge in [0.2, 0.25) is 0 Å².